The van der Waals surface area contributed by atoms with Gasteiger partial charge in [-0.05, 0) is 6.92 Å². The summed E-state index contributed by atoms with van der Waals surface area (Å²) in [4.78, 5) is 21.6. The highest BCUT2D eigenvalue weighted by molar-refractivity contribution is 7.80. The summed E-state index contributed by atoms with van der Waals surface area (Å²) in [6, 6.07) is 0. The molecule has 0 aromatic heterocycles. The molecule has 0 radical (unpaired) electrons. The Kier molecular flexibility index (Phi) is 8.67. The zero-order chi connectivity index (χ0) is 10.8. The molecule has 0 spiro atoms. The van der Waals surface area contributed by atoms with E-state index in [9.17, 15) is 9.59 Å². The summed E-state index contributed by atoms with van der Waals surface area (Å²) in [6.07, 6.45) is 0.575. The van der Waals surface area contributed by atoms with Crippen molar-refractivity contribution in [1.29, 1.82) is 0 Å². The second-order valence-corrected chi connectivity index (χ2v) is 3.34. The lowest BCUT2D eigenvalue weighted by Crippen LogP contribution is -2.27. The molecule has 0 aromatic rings. The number of amides is 1. The summed E-state index contributed by atoms with van der Waals surface area (Å²) < 4.78 is 5.10. The first-order valence-corrected chi connectivity index (χ1v) is 5.24. The highest BCUT2D eigenvalue weighted by Gasteiger charge is 2.01. The highest BCUT2D eigenvalue weighted by atomic mass is 32.1. The van der Waals surface area contributed by atoms with E-state index in [2.05, 4.69) is 17.9 Å². The summed E-state index contributed by atoms with van der Waals surface area (Å²) in [7, 11) is 0. The Hall–Kier alpha value is -0.550. The third-order valence-corrected chi connectivity index (χ3v) is 1.69. The van der Waals surface area contributed by atoms with Crippen molar-refractivity contribution in [3.05, 3.63) is 0 Å². The van der Waals surface area contributed by atoms with E-state index in [1.807, 2.05) is 0 Å². The van der Waals surface area contributed by atoms with Gasteiger partial charge in [0, 0.05) is 25.1 Å². The molecule has 0 aromatic carbocycles. The molecule has 0 fully saturated rings. The van der Waals surface area contributed by atoms with Crippen LogP contribution in [0.1, 0.15) is 19.8 Å². The van der Waals surface area contributed by atoms with E-state index in [4.69, 9.17) is 4.74 Å². The summed E-state index contributed by atoms with van der Waals surface area (Å²) >= 11 is 3.97. The Bertz CT molecular complexity index is 185. The minimum absolute atomic E-state index is 0.0338. The number of nitrogens with one attached hydrogen (secondary N) is 1. The van der Waals surface area contributed by atoms with Crippen LogP contribution in [0.2, 0.25) is 0 Å². The monoisotopic (exact) mass is 219 g/mol. The highest BCUT2D eigenvalue weighted by Crippen LogP contribution is 1.89. The van der Waals surface area contributed by atoms with Gasteiger partial charge in [-0.1, -0.05) is 0 Å². The summed E-state index contributed by atoms with van der Waals surface area (Å²) in [5.41, 5.74) is 0. The average molecular weight is 219 g/mol. The first kappa shape index (κ1) is 13.4. The van der Waals surface area contributed by atoms with Crippen molar-refractivity contribution in [3.63, 3.8) is 0 Å². The van der Waals surface area contributed by atoms with E-state index in [-0.39, 0.29) is 18.1 Å². The van der Waals surface area contributed by atoms with Gasteiger partial charge < -0.3 is 14.8 Å². The molecule has 0 saturated carbocycles. The van der Waals surface area contributed by atoms with Gasteiger partial charge in [-0.2, -0.15) is 12.6 Å². The average Bonchev–Trinajstić information content (AvgIpc) is 2.14. The van der Waals surface area contributed by atoms with Crippen LogP contribution >= 0.6 is 12.6 Å². The van der Waals surface area contributed by atoms with Crippen LogP contribution in [-0.4, -0.2) is 37.2 Å². The van der Waals surface area contributed by atoms with Crippen molar-refractivity contribution in [2.45, 2.75) is 19.8 Å². The predicted octanol–water partition coefficient (Wildman–Crippen LogP) is 0.418. The summed E-state index contributed by atoms with van der Waals surface area (Å²) in [5.74, 6) is 0.610. The lowest BCUT2D eigenvalue weighted by Gasteiger charge is -2.04. The van der Waals surface area contributed by atoms with Gasteiger partial charge in [0.15, 0.2) is 0 Å². The fourth-order valence-corrected chi connectivity index (χ4v) is 0.936. The number of carbonyl (C=O) groups is 2. The van der Waals surface area contributed by atoms with Crippen molar-refractivity contribution < 1.29 is 14.3 Å². The lowest BCUT2D eigenvalue weighted by molar-refractivity contribution is -0.124. The van der Waals surface area contributed by atoms with Crippen LogP contribution in [0, 0.1) is 0 Å². The molecule has 0 unspecified atom stereocenters. The Balaban J connectivity index is 3.22. The first-order valence-electron chi connectivity index (χ1n) is 4.61. The number of ether oxygens (including phenoxy) is 1. The Morgan fingerprint density at radius 2 is 2.00 bits per heavy atom. The maximum absolute atomic E-state index is 11.0. The van der Waals surface area contributed by atoms with Crippen molar-refractivity contribution in [1.82, 2.24) is 5.32 Å². The third-order valence-electron chi connectivity index (χ3n) is 1.51. The van der Waals surface area contributed by atoms with E-state index in [1.54, 1.807) is 0 Å². The van der Waals surface area contributed by atoms with E-state index in [1.165, 1.54) is 6.92 Å². The number of carbonyl (C=O) groups excluding carboxylic acids is 2. The number of hydrogen-bond donors (Lipinski definition) is 2. The molecule has 0 aliphatic heterocycles. The Morgan fingerprint density at radius 3 is 2.57 bits per heavy atom. The van der Waals surface area contributed by atoms with Crippen LogP contribution < -0.4 is 5.32 Å². The van der Waals surface area contributed by atoms with Crippen LogP contribution in [0.25, 0.3) is 0 Å². The standard InChI is InChI=1S/C9H17NO3S/c1-8(11)2-3-9(12)10-4-5-13-6-7-14/h14H,2-7H2,1H3,(H,10,12). The largest absolute Gasteiger partial charge is 0.379 e. The zero-order valence-corrected chi connectivity index (χ0v) is 9.31. The third kappa shape index (κ3) is 9.54. The van der Waals surface area contributed by atoms with Crippen molar-refractivity contribution in [2.75, 3.05) is 25.5 Å². The van der Waals surface area contributed by atoms with Crippen molar-refractivity contribution in [3.8, 4) is 0 Å². The zero-order valence-electron chi connectivity index (χ0n) is 8.41. The van der Waals surface area contributed by atoms with Gasteiger partial charge >= 0.3 is 0 Å². The number of Topliss-reactive ketones (excluding diaryl/α,β-unsaturated/α-hetero) is 1. The van der Waals surface area contributed by atoms with Crippen LogP contribution in [0.3, 0.4) is 0 Å². The van der Waals surface area contributed by atoms with Crippen LogP contribution in [0.15, 0.2) is 0 Å². The number of ketones is 1. The smallest absolute Gasteiger partial charge is 0.220 e. The molecule has 0 aliphatic carbocycles. The molecule has 0 saturated heterocycles. The molecule has 1 amide bonds. The van der Waals surface area contributed by atoms with Gasteiger partial charge in [0.25, 0.3) is 0 Å². The molecule has 4 nitrogen and oxygen atoms in total. The minimum atomic E-state index is -0.102. The van der Waals surface area contributed by atoms with E-state index in [0.29, 0.717) is 31.9 Å². The molecular weight excluding hydrogens is 202 g/mol. The van der Waals surface area contributed by atoms with Crippen LogP contribution in [0.4, 0.5) is 0 Å². The van der Waals surface area contributed by atoms with Crippen molar-refractivity contribution in [2.24, 2.45) is 0 Å². The maximum atomic E-state index is 11.0. The number of hydrogen-bond acceptors (Lipinski definition) is 4. The molecule has 0 atom stereocenters. The second kappa shape index (κ2) is 9.02. The van der Waals surface area contributed by atoms with E-state index in [0.717, 1.165) is 0 Å². The molecule has 82 valence electrons. The minimum Gasteiger partial charge on any atom is -0.379 e. The Labute approximate surface area is 89.8 Å². The summed E-state index contributed by atoms with van der Waals surface area (Å²) in [6.45, 7) is 3.05. The normalized spacial score (nSPS) is 9.86. The van der Waals surface area contributed by atoms with E-state index < -0.39 is 0 Å². The second-order valence-electron chi connectivity index (χ2n) is 2.89. The number of thiol groups is 1. The molecule has 0 heterocycles. The van der Waals surface area contributed by atoms with Crippen LogP contribution in [-0.2, 0) is 14.3 Å². The van der Waals surface area contributed by atoms with Gasteiger partial charge in [0.1, 0.15) is 5.78 Å². The molecule has 14 heavy (non-hydrogen) atoms. The first-order chi connectivity index (χ1) is 6.66. The fourth-order valence-electron chi connectivity index (χ4n) is 0.807. The number of rotatable bonds is 8. The molecule has 0 bridgehead atoms. The fraction of sp³-hybridized carbons (Fsp3) is 0.778. The topological polar surface area (TPSA) is 55.4 Å². The van der Waals surface area contributed by atoms with Gasteiger partial charge in [-0.3, -0.25) is 4.79 Å². The molecule has 5 heteroatoms. The predicted molar refractivity (Wildman–Crippen MR) is 57.6 cm³/mol. The van der Waals surface area contributed by atoms with Gasteiger partial charge in [0.05, 0.1) is 13.2 Å². The SMILES string of the molecule is CC(=O)CCC(=O)NCCOCCS. The lowest BCUT2D eigenvalue weighted by atomic mass is 10.2. The molecule has 1 N–H and O–H groups in total. The molecule has 0 rings (SSSR count). The van der Waals surface area contributed by atoms with Gasteiger partial charge in [0.2, 0.25) is 5.91 Å². The maximum Gasteiger partial charge on any atom is 0.220 e. The van der Waals surface area contributed by atoms with Gasteiger partial charge in [-0.15, -0.1) is 0 Å². The molecular formula is C9H17NO3S. The Morgan fingerprint density at radius 1 is 1.29 bits per heavy atom. The van der Waals surface area contributed by atoms with Gasteiger partial charge in [-0.25, -0.2) is 0 Å². The summed E-state index contributed by atoms with van der Waals surface area (Å²) in [5, 5.41) is 2.66. The molecule has 0 aliphatic rings. The quantitative estimate of drug-likeness (QED) is 0.459. The van der Waals surface area contributed by atoms with Crippen molar-refractivity contribution >= 4 is 24.3 Å². The van der Waals surface area contributed by atoms with E-state index >= 15 is 0 Å². The van der Waals surface area contributed by atoms with Crippen LogP contribution in [0.5, 0.6) is 0 Å².